The van der Waals surface area contributed by atoms with E-state index in [1.165, 1.54) is 14.0 Å². The van der Waals surface area contributed by atoms with Crippen LogP contribution < -0.4 is 5.32 Å². The lowest BCUT2D eigenvalue weighted by atomic mass is 10.00. The maximum Gasteiger partial charge on any atom is 0.338 e. The number of esters is 1. The maximum atomic E-state index is 12.3. The number of carbonyl (C=O) groups is 2. The van der Waals surface area contributed by atoms with Crippen molar-refractivity contribution in [3.63, 3.8) is 0 Å². The summed E-state index contributed by atoms with van der Waals surface area (Å²) in [7, 11) is 1.36. The van der Waals surface area contributed by atoms with Crippen molar-refractivity contribution >= 4 is 22.8 Å². The first-order valence-corrected chi connectivity index (χ1v) is 11.3. The Morgan fingerprint density at radius 3 is 2.17 bits per heavy atom. The van der Waals surface area contributed by atoms with Gasteiger partial charge in [0.15, 0.2) is 5.76 Å². The molecule has 178 valence electrons. The van der Waals surface area contributed by atoms with Gasteiger partial charge in [0.2, 0.25) is 5.91 Å². The molecular weight excluding hydrogens is 456 g/mol. The van der Waals surface area contributed by atoms with Gasteiger partial charge in [-0.25, -0.2) is 9.78 Å². The number of hydrogen-bond acceptors (Lipinski definition) is 7. The summed E-state index contributed by atoms with van der Waals surface area (Å²) in [4.78, 5) is 32.2. The second kappa shape index (κ2) is 9.79. The first kappa shape index (κ1) is 22.9. The van der Waals surface area contributed by atoms with Crippen molar-refractivity contribution in [2.75, 3.05) is 7.11 Å². The topological polar surface area (TPSA) is 107 Å². The molecule has 0 atom stereocenters. The van der Waals surface area contributed by atoms with Gasteiger partial charge in [-0.3, -0.25) is 9.78 Å². The van der Waals surface area contributed by atoms with Crippen LogP contribution in [-0.2, 0) is 16.1 Å². The number of fused-ring (bicyclic) bond motifs is 1. The molecule has 5 rings (SSSR count). The minimum absolute atomic E-state index is 0.124. The van der Waals surface area contributed by atoms with Gasteiger partial charge in [-0.15, -0.1) is 0 Å². The lowest BCUT2D eigenvalue weighted by Gasteiger charge is -2.09. The van der Waals surface area contributed by atoms with E-state index in [4.69, 9.17) is 14.2 Å². The van der Waals surface area contributed by atoms with Crippen LogP contribution in [-0.4, -0.2) is 34.1 Å². The van der Waals surface area contributed by atoms with E-state index in [2.05, 4.69) is 15.5 Å². The molecule has 0 bridgehead atoms. The van der Waals surface area contributed by atoms with Gasteiger partial charge in [-0.2, -0.15) is 0 Å². The normalized spacial score (nSPS) is 10.8. The molecule has 36 heavy (non-hydrogen) atoms. The molecule has 0 aliphatic rings. The zero-order valence-electron chi connectivity index (χ0n) is 19.7. The molecule has 1 amide bonds. The monoisotopic (exact) mass is 478 g/mol. The van der Waals surface area contributed by atoms with Gasteiger partial charge in [0.25, 0.3) is 0 Å². The van der Waals surface area contributed by atoms with Crippen molar-refractivity contribution in [1.29, 1.82) is 0 Å². The van der Waals surface area contributed by atoms with Crippen LogP contribution in [0.1, 0.15) is 23.0 Å². The Morgan fingerprint density at radius 2 is 1.53 bits per heavy atom. The van der Waals surface area contributed by atoms with Crippen LogP contribution in [0.25, 0.3) is 44.5 Å². The van der Waals surface area contributed by atoms with E-state index < -0.39 is 5.97 Å². The second-order valence-electron chi connectivity index (χ2n) is 8.18. The van der Waals surface area contributed by atoms with Gasteiger partial charge in [-0.05, 0) is 23.3 Å². The molecule has 0 saturated heterocycles. The summed E-state index contributed by atoms with van der Waals surface area (Å²) in [6.07, 6.45) is 3.27. The number of methoxy groups -OCH3 is 1. The number of benzene rings is 2. The highest BCUT2D eigenvalue weighted by Crippen LogP contribution is 2.29. The molecule has 0 fully saturated rings. The number of rotatable bonds is 6. The van der Waals surface area contributed by atoms with Crippen molar-refractivity contribution in [3.05, 3.63) is 90.4 Å². The summed E-state index contributed by atoms with van der Waals surface area (Å²) in [6.45, 7) is 1.76. The van der Waals surface area contributed by atoms with Crippen LogP contribution in [0.4, 0.5) is 0 Å². The van der Waals surface area contributed by atoms with Gasteiger partial charge < -0.3 is 14.6 Å². The molecule has 0 saturated carbocycles. The largest absolute Gasteiger partial charge is 0.465 e. The Bertz CT molecular complexity index is 1560. The number of aromatic nitrogens is 3. The number of hydrogen-bond donors (Lipinski definition) is 1. The molecular formula is C28H22N4O4. The Morgan fingerprint density at radius 1 is 0.889 bits per heavy atom. The molecule has 0 radical (unpaired) electrons. The molecule has 3 aromatic heterocycles. The fraction of sp³-hybridized carbons (Fsp3) is 0.107. The summed E-state index contributed by atoms with van der Waals surface area (Å²) in [5.41, 5.74) is 6.37. The van der Waals surface area contributed by atoms with Crippen LogP contribution in [0.5, 0.6) is 0 Å². The average molecular weight is 479 g/mol. The molecule has 0 spiro atoms. The van der Waals surface area contributed by atoms with Crippen molar-refractivity contribution in [3.8, 4) is 33.6 Å². The van der Waals surface area contributed by atoms with E-state index >= 15 is 0 Å². The quantitative estimate of drug-likeness (QED) is 0.341. The van der Waals surface area contributed by atoms with Crippen molar-refractivity contribution in [2.24, 2.45) is 0 Å². The predicted octanol–water partition coefficient (Wildman–Crippen LogP) is 5.04. The van der Waals surface area contributed by atoms with Crippen molar-refractivity contribution in [1.82, 2.24) is 20.4 Å². The van der Waals surface area contributed by atoms with Gasteiger partial charge in [0.1, 0.15) is 5.69 Å². The molecule has 0 aliphatic heterocycles. The van der Waals surface area contributed by atoms with E-state index in [1.54, 1.807) is 24.5 Å². The lowest BCUT2D eigenvalue weighted by Crippen LogP contribution is -2.18. The molecule has 3 heterocycles. The molecule has 0 aliphatic carbocycles. The Balaban J connectivity index is 1.38. The summed E-state index contributed by atoms with van der Waals surface area (Å²) >= 11 is 0. The summed E-state index contributed by atoms with van der Waals surface area (Å²) in [5.74, 6) is 0.0393. The van der Waals surface area contributed by atoms with Crippen molar-refractivity contribution < 1.29 is 18.8 Å². The van der Waals surface area contributed by atoms with E-state index in [-0.39, 0.29) is 5.91 Å². The summed E-state index contributed by atoms with van der Waals surface area (Å²) in [6, 6.07) is 21.3. The zero-order valence-corrected chi connectivity index (χ0v) is 19.7. The first-order valence-electron chi connectivity index (χ1n) is 11.3. The average Bonchev–Trinajstić information content (AvgIpc) is 3.40. The van der Waals surface area contributed by atoms with Crippen LogP contribution in [0, 0.1) is 0 Å². The Kier molecular flexibility index (Phi) is 6.23. The third kappa shape index (κ3) is 4.69. The fourth-order valence-electron chi connectivity index (χ4n) is 3.91. The number of nitrogens with one attached hydrogen (secondary N) is 1. The summed E-state index contributed by atoms with van der Waals surface area (Å²) in [5, 5.41) is 7.43. The van der Waals surface area contributed by atoms with Gasteiger partial charge in [0, 0.05) is 41.9 Å². The minimum atomic E-state index is -0.428. The number of pyridine rings is 2. The molecule has 1 N–H and O–H groups in total. The van der Waals surface area contributed by atoms with Crippen molar-refractivity contribution in [2.45, 2.75) is 13.5 Å². The Hall–Kier alpha value is -4.85. The van der Waals surface area contributed by atoms with Crippen LogP contribution >= 0.6 is 0 Å². The minimum Gasteiger partial charge on any atom is -0.465 e. The first-order chi connectivity index (χ1) is 17.5. The van der Waals surface area contributed by atoms with E-state index in [1.807, 2.05) is 54.6 Å². The van der Waals surface area contributed by atoms with Gasteiger partial charge in [0.05, 0.1) is 30.4 Å². The molecule has 8 heteroatoms. The van der Waals surface area contributed by atoms with E-state index in [9.17, 15) is 9.59 Å². The number of ether oxygens (including phenoxy) is 1. The number of carbonyl (C=O) groups excluding carboxylic acids is 2. The molecule has 8 nitrogen and oxygen atoms in total. The third-order valence-electron chi connectivity index (χ3n) is 5.78. The summed E-state index contributed by atoms with van der Waals surface area (Å²) < 4.78 is 10.2. The van der Waals surface area contributed by atoms with Crippen LogP contribution in [0.3, 0.4) is 0 Å². The van der Waals surface area contributed by atoms with Crippen LogP contribution in [0.15, 0.2) is 83.6 Å². The molecule has 2 aromatic carbocycles. The SMILES string of the molecule is COC(=O)c1cc(-c2ccc(-c3ccc(-c4cc(CNC(C)=O)on4)cc3)cc2)nc2ccncc12. The van der Waals surface area contributed by atoms with E-state index in [0.29, 0.717) is 40.2 Å². The Labute approximate surface area is 207 Å². The zero-order chi connectivity index (χ0) is 25.1. The highest BCUT2D eigenvalue weighted by atomic mass is 16.5. The fourth-order valence-corrected chi connectivity index (χ4v) is 3.91. The second-order valence-corrected chi connectivity index (χ2v) is 8.18. The highest BCUT2D eigenvalue weighted by Gasteiger charge is 2.15. The molecule has 0 unspecified atom stereocenters. The third-order valence-corrected chi connectivity index (χ3v) is 5.78. The maximum absolute atomic E-state index is 12.3. The van der Waals surface area contributed by atoms with E-state index in [0.717, 1.165) is 22.3 Å². The van der Waals surface area contributed by atoms with Gasteiger partial charge >= 0.3 is 5.97 Å². The smallest absolute Gasteiger partial charge is 0.338 e. The number of nitrogens with zero attached hydrogens (tertiary/aromatic N) is 3. The standard InChI is InChI=1S/C28H22N4O4/c1-17(33)30-15-22-13-27(32-36-22)21-9-5-19(6-10-21)18-3-7-20(8-4-18)26-14-23(28(34)35-2)24-16-29-12-11-25(24)31-26/h3-14,16H,15H2,1-2H3,(H,30,33). The predicted molar refractivity (Wildman–Crippen MR) is 135 cm³/mol. The van der Waals surface area contributed by atoms with Crippen LogP contribution in [0.2, 0.25) is 0 Å². The number of amides is 1. The van der Waals surface area contributed by atoms with Gasteiger partial charge in [-0.1, -0.05) is 53.7 Å². The highest BCUT2D eigenvalue weighted by molar-refractivity contribution is 6.04. The lowest BCUT2D eigenvalue weighted by molar-refractivity contribution is -0.119. The molecule has 5 aromatic rings.